The average Bonchev–Trinajstić information content (AvgIpc) is 2.95. The molecule has 4 nitrogen and oxygen atoms in total. The molecule has 0 heterocycles. The molecule has 1 saturated carbocycles. The van der Waals surface area contributed by atoms with E-state index in [1.54, 1.807) is 20.3 Å². The molecule has 1 aliphatic carbocycles. The number of hydrogen-bond donors (Lipinski definition) is 0. The highest BCUT2D eigenvalue weighted by molar-refractivity contribution is 5.42. The van der Waals surface area contributed by atoms with Crippen LogP contribution in [0.15, 0.2) is 29.3 Å². The monoisotopic (exact) mass is 275 g/mol. The highest BCUT2D eigenvalue weighted by atomic mass is 16.5. The maximum atomic E-state index is 10.9. The Hall–Kier alpha value is -1.48. The molecule has 1 aromatic carbocycles. The van der Waals surface area contributed by atoms with Crippen LogP contribution in [0.5, 0.6) is 0 Å². The van der Waals surface area contributed by atoms with Crippen molar-refractivity contribution < 1.29 is 14.3 Å². The molecule has 1 aliphatic rings. The molecule has 0 aliphatic heterocycles. The SMILES string of the molecule is COCC(OC)c1ccccc1C1(N=C=O)CCCC1. The standard InChI is InChI=1S/C16H21NO3/c1-19-11-15(20-2)13-7-3-4-8-14(13)16(17-12-18)9-5-6-10-16/h3-4,7-8,15H,5-6,9-11H2,1-2H3. The first kappa shape index (κ1) is 14.9. The Bertz CT molecular complexity index is 488. The Morgan fingerprint density at radius 3 is 2.60 bits per heavy atom. The van der Waals surface area contributed by atoms with Gasteiger partial charge in [0.15, 0.2) is 0 Å². The van der Waals surface area contributed by atoms with Crippen LogP contribution < -0.4 is 0 Å². The molecule has 20 heavy (non-hydrogen) atoms. The Morgan fingerprint density at radius 1 is 1.30 bits per heavy atom. The van der Waals surface area contributed by atoms with Crippen LogP contribution in [0.1, 0.15) is 42.9 Å². The zero-order chi connectivity index (χ0) is 14.4. The number of methoxy groups -OCH3 is 2. The summed E-state index contributed by atoms with van der Waals surface area (Å²) in [6, 6.07) is 8.04. The third-order valence-corrected chi connectivity index (χ3v) is 4.10. The average molecular weight is 275 g/mol. The second-order valence-electron chi connectivity index (χ2n) is 5.21. The third kappa shape index (κ3) is 2.83. The Balaban J connectivity index is 2.47. The highest BCUT2D eigenvalue weighted by Crippen LogP contribution is 2.44. The molecular formula is C16H21NO3. The number of ether oxygens (including phenoxy) is 2. The number of rotatable bonds is 6. The van der Waals surface area contributed by atoms with Crippen molar-refractivity contribution in [3.8, 4) is 0 Å². The van der Waals surface area contributed by atoms with Gasteiger partial charge in [-0.3, -0.25) is 0 Å². The van der Waals surface area contributed by atoms with Crippen molar-refractivity contribution >= 4 is 6.08 Å². The normalized spacial score (nSPS) is 18.5. The minimum Gasteiger partial charge on any atom is -0.382 e. The van der Waals surface area contributed by atoms with Gasteiger partial charge >= 0.3 is 0 Å². The molecule has 1 aromatic rings. The molecular weight excluding hydrogens is 254 g/mol. The van der Waals surface area contributed by atoms with Crippen LogP contribution in [-0.2, 0) is 19.8 Å². The molecule has 0 radical (unpaired) electrons. The minimum absolute atomic E-state index is 0.143. The van der Waals surface area contributed by atoms with E-state index in [4.69, 9.17) is 9.47 Å². The lowest BCUT2D eigenvalue weighted by Crippen LogP contribution is -2.23. The fraction of sp³-hybridized carbons (Fsp3) is 0.562. The van der Waals surface area contributed by atoms with Crippen LogP contribution in [0.2, 0.25) is 0 Å². The fourth-order valence-electron chi connectivity index (χ4n) is 3.13. The topological polar surface area (TPSA) is 47.9 Å². The van der Waals surface area contributed by atoms with Crippen LogP contribution in [-0.4, -0.2) is 26.9 Å². The molecule has 0 saturated heterocycles. The first-order valence-corrected chi connectivity index (χ1v) is 6.97. The molecule has 1 atom stereocenters. The van der Waals surface area contributed by atoms with Crippen LogP contribution in [0, 0.1) is 0 Å². The fourth-order valence-corrected chi connectivity index (χ4v) is 3.13. The molecule has 0 N–H and O–H groups in total. The summed E-state index contributed by atoms with van der Waals surface area (Å²) in [5.74, 6) is 0. The lowest BCUT2D eigenvalue weighted by atomic mass is 9.84. The van der Waals surface area contributed by atoms with Crippen molar-refractivity contribution in [2.24, 2.45) is 4.99 Å². The maximum Gasteiger partial charge on any atom is 0.235 e. The summed E-state index contributed by atoms with van der Waals surface area (Å²) in [5, 5.41) is 0. The van der Waals surface area contributed by atoms with Crippen LogP contribution in [0.25, 0.3) is 0 Å². The molecule has 0 aromatic heterocycles. The number of carbonyl (C=O) groups excluding carboxylic acids is 1. The van der Waals surface area contributed by atoms with Gasteiger partial charge in [0, 0.05) is 14.2 Å². The predicted octanol–water partition coefficient (Wildman–Crippen LogP) is 3.13. The first-order chi connectivity index (χ1) is 9.77. The second kappa shape index (κ2) is 6.80. The first-order valence-electron chi connectivity index (χ1n) is 6.97. The van der Waals surface area contributed by atoms with E-state index in [9.17, 15) is 4.79 Å². The van der Waals surface area contributed by atoms with E-state index in [-0.39, 0.29) is 6.10 Å². The molecule has 4 heteroatoms. The molecule has 2 rings (SSSR count). The zero-order valence-corrected chi connectivity index (χ0v) is 12.1. The van der Waals surface area contributed by atoms with Gasteiger partial charge in [-0.1, -0.05) is 37.1 Å². The van der Waals surface area contributed by atoms with Crippen molar-refractivity contribution in [3.63, 3.8) is 0 Å². The summed E-state index contributed by atoms with van der Waals surface area (Å²) < 4.78 is 10.8. The zero-order valence-electron chi connectivity index (χ0n) is 12.1. The minimum atomic E-state index is -0.428. The van der Waals surface area contributed by atoms with E-state index >= 15 is 0 Å². The van der Waals surface area contributed by atoms with Gasteiger partial charge in [0.1, 0.15) is 6.10 Å². The smallest absolute Gasteiger partial charge is 0.235 e. The Labute approximate surface area is 119 Å². The number of isocyanates is 1. The van der Waals surface area contributed by atoms with E-state index in [1.165, 1.54) is 0 Å². The highest BCUT2D eigenvalue weighted by Gasteiger charge is 2.38. The van der Waals surface area contributed by atoms with E-state index in [0.29, 0.717) is 6.61 Å². The van der Waals surface area contributed by atoms with Crippen molar-refractivity contribution in [2.45, 2.75) is 37.3 Å². The molecule has 1 fully saturated rings. The molecule has 0 amide bonds. The summed E-state index contributed by atoms with van der Waals surface area (Å²) in [6.07, 6.45) is 5.58. The Morgan fingerprint density at radius 2 is 2.00 bits per heavy atom. The summed E-state index contributed by atoms with van der Waals surface area (Å²) in [6.45, 7) is 0.481. The van der Waals surface area contributed by atoms with Gasteiger partial charge in [-0.2, -0.15) is 4.99 Å². The molecule has 0 spiro atoms. The van der Waals surface area contributed by atoms with Gasteiger partial charge in [0.25, 0.3) is 0 Å². The van der Waals surface area contributed by atoms with Gasteiger partial charge in [0.05, 0.1) is 12.1 Å². The molecule has 108 valence electrons. The van der Waals surface area contributed by atoms with Gasteiger partial charge < -0.3 is 9.47 Å². The van der Waals surface area contributed by atoms with Crippen molar-refractivity contribution in [3.05, 3.63) is 35.4 Å². The van der Waals surface area contributed by atoms with Crippen molar-refractivity contribution in [2.75, 3.05) is 20.8 Å². The number of nitrogens with zero attached hydrogens (tertiary/aromatic N) is 1. The summed E-state index contributed by atoms with van der Waals surface area (Å²) >= 11 is 0. The number of aliphatic imine (C=N–C) groups is 1. The summed E-state index contributed by atoms with van der Waals surface area (Å²) in [5.41, 5.74) is 1.70. The van der Waals surface area contributed by atoms with Gasteiger partial charge in [-0.15, -0.1) is 0 Å². The van der Waals surface area contributed by atoms with E-state index in [2.05, 4.69) is 4.99 Å². The summed E-state index contributed by atoms with van der Waals surface area (Å²) in [7, 11) is 3.33. The van der Waals surface area contributed by atoms with Crippen molar-refractivity contribution in [1.82, 2.24) is 0 Å². The van der Waals surface area contributed by atoms with E-state index in [0.717, 1.165) is 36.8 Å². The Kier molecular flexibility index (Phi) is 5.07. The largest absolute Gasteiger partial charge is 0.382 e. The van der Waals surface area contributed by atoms with E-state index in [1.807, 2.05) is 24.3 Å². The predicted molar refractivity (Wildman–Crippen MR) is 76.3 cm³/mol. The quantitative estimate of drug-likeness (QED) is 0.592. The number of hydrogen-bond acceptors (Lipinski definition) is 4. The van der Waals surface area contributed by atoms with Gasteiger partial charge in [0.2, 0.25) is 6.08 Å². The molecule has 0 bridgehead atoms. The van der Waals surface area contributed by atoms with Gasteiger partial charge in [-0.05, 0) is 24.0 Å². The second-order valence-corrected chi connectivity index (χ2v) is 5.21. The van der Waals surface area contributed by atoms with Crippen LogP contribution >= 0.6 is 0 Å². The lowest BCUT2D eigenvalue weighted by Gasteiger charge is -2.28. The molecule has 1 unspecified atom stereocenters. The third-order valence-electron chi connectivity index (χ3n) is 4.10. The van der Waals surface area contributed by atoms with E-state index < -0.39 is 5.54 Å². The maximum absolute atomic E-state index is 10.9. The van der Waals surface area contributed by atoms with Crippen LogP contribution in [0.3, 0.4) is 0 Å². The lowest BCUT2D eigenvalue weighted by molar-refractivity contribution is 0.0263. The van der Waals surface area contributed by atoms with Gasteiger partial charge in [-0.25, -0.2) is 4.79 Å². The summed E-state index contributed by atoms with van der Waals surface area (Å²) in [4.78, 5) is 15.0. The van der Waals surface area contributed by atoms with Crippen LogP contribution in [0.4, 0.5) is 0 Å². The van der Waals surface area contributed by atoms with Crippen molar-refractivity contribution in [1.29, 1.82) is 0 Å². The number of benzene rings is 1.